The van der Waals surface area contributed by atoms with Crippen molar-refractivity contribution in [3.8, 4) is 11.5 Å². The Hall–Kier alpha value is -2.95. The molecule has 2 aromatic carbocycles. The Bertz CT molecular complexity index is 1080. The van der Waals surface area contributed by atoms with Crippen LogP contribution in [0.3, 0.4) is 0 Å². The molecule has 0 atom stereocenters. The minimum absolute atomic E-state index is 0.118. The molecule has 0 amide bonds. The summed E-state index contributed by atoms with van der Waals surface area (Å²) in [5.74, 6) is 1.21. The summed E-state index contributed by atoms with van der Waals surface area (Å²) in [6, 6.07) is 11.4. The van der Waals surface area contributed by atoms with Crippen LogP contribution in [0.1, 0.15) is 0 Å². The summed E-state index contributed by atoms with van der Waals surface area (Å²) in [5, 5.41) is 2.47. The largest absolute Gasteiger partial charge is 0.493 e. The monoisotopic (exact) mass is 294 g/mol. The third-order valence-corrected chi connectivity index (χ3v) is 3.97. The predicted octanol–water partition coefficient (Wildman–Crippen LogP) is 3.18. The van der Waals surface area contributed by atoms with E-state index in [4.69, 9.17) is 9.47 Å². The lowest BCUT2D eigenvalue weighted by Crippen LogP contribution is -2.06. The number of para-hydroxylation sites is 1. The molecule has 0 radical (unpaired) electrons. The summed E-state index contributed by atoms with van der Waals surface area (Å²) in [6.45, 7) is 0. The summed E-state index contributed by atoms with van der Waals surface area (Å²) in [5.41, 5.74) is 2.33. The van der Waals surface area contributed by atoms with Gasteiger partial charge in [-0.2, -0.15) is 0 Å². The molecule has 0 saturated heterocycles. The van der Waals surface area contributed by atoms with Crippen molar-refractivity contribution < 1.29 is 9.47 Å². The van der Waals surface area contributed by atoms with Crippen LogP contribution in [-0.4, -0.2) is 24.2 Å². The Labute approximate surface area is 125 Å². The van der Waals surface area contributed by atoms with Crippen molar-refractivity contribution in [2.24, 2.45) is 0 Å². The van der Waals surface area contributed by atoms with Crippen LogP contribution in [0, 0.1) is 0 Å². The average molecular weight is 294 g/mol. The molecule has 0 fully saturated rings. The standard InChI is InChI=1S/C17H14N2O3/c1-21-13-7-10-12(8-14(13)22-2)19-17(20)15-9-5-3-4-6-11(9)18-16(10)15/h3-8,18H,1-2H3,(H,19,20). The molecule has 0 spiro atoms. The van der Waals surface area contributed by atoms with Gasteiger partial charge in [0.05, 0.1) is 30.6 Å². The molecule has 2 heterocycles. The third-order valence-electron chi connectivity index (χ3n) is 3.97. The molecule has 0 aliphatic rings. The van der Waals surface area contributed by atoms with Gasteiger partial charge in [0.25, 0.3) is 5.56 Å². The number of aromatic nitrogens is 2. The fourth-order valence-electron chi connectivity index (χ4n) is 2.95. The summed E-state index contributed by atoms with van der Waals surface area (Å²) < 4.78 is 10.7. The van der Waals surface area contributed by atoms with Gasteiger partial charge in [-0.1, -0.05) is 18.2 Å². The Kier molecular flexibility index (Phi) is 2.63. The lowest BCUT2D eigenvalue weighted by molar-refractivity contribution is 0.356. The molecule has 110 valence electrons. The second-order valence-electron chi connectivity index (χ2n) is 5.13. The molecule has 5 heteroatoms. The molecule has 4 rings (SSSR count). The first-order valence-electron chi connectivity index (χ1n) is 6.91. The predicted molar refractivity (Wildman–Crippen MR) is 87.0 cm³/mol. The van der Waals surface area contributed by atoms with Gasteiger partial charge in [0.1, 0.15) is 0 Å². The molecule has 22 heavy (non-hydrogen) atoms. The maximum Gasteiger partial charge on any atom is 0.258 e. The number of hydrogen-bond donors (Lipinski definition) is 2. The second-order valence-corrected chi connectivity index (χ2v) is 5.13. The Morgan fingerprint density at radius 3 is 2.36 bits per heavy atom. The molecule has 5 nitrogen and oxygen atoms in total. The van der Waals surface area contributed by atoms with Crippen molar-refractivity contribution in [1.29, 1.82) is 0 Å². The third kappa shape index (κ3) is 1.62. The number of ether oxygens (including phenoxy) is 2. The highest BCUT2D eigenvalue weighted by Gasteiger charge is 2.14. The first-order valence-corrected chi connectivity index (χ1v) is 6.91. The van der Waals surface area contributed by atoms with Gasteiger partial charge in [-0.15, -0.1) is 0 Å². The molecule has 0 bridgehead atoms. The van der Waals surface area contributed by atoms with Gasteiger partial charge in [0.2, 0.25) is 0 Å². The first kappa shape index (κ1) is 12.8. The quantitative estimate of drug-likeness (QED) is 0.596. The van der Waals surface area contributed by atoms with E-state index in [0.29, 0.717) is 22.4 Å². The second kappa shape index (κ2) is 4.53. The number of benzene rings is 2. The highest BCUT2D eigenvalue weighted by molar-refractivity contribution is 6.15. The van der Waals surface area contributed by atoms with Crippen LogP contribution >= 0.6 is 0 Å². The van der Waals surface area contributed by atoms with Crippen LogP contribution < -0.4 is 15.0 Å². The van der Waals surface area contributed by atoms with E-state index in [-0.39, 0.29) is 5.56 Å². The van der Waals surface area contributed by atoms with Crippen LogP contribution in [0.5, 0.6) is 11.5 Å². The minimum Gasteiger partial charge on any atom is -0.493 e. The smallest absolute Gasteiger partial charge is 0.258 e. The molecule has 0 unspecified atom stereocenters. The summed E-state index contributed by atoms with van der Waals surface area (Å²) in [6.07, 6.45) is 0. The van der Waals surface area contributed by atoms with Crippen molar-refractivity contribution in [3.63, 3.8) is 0 Å². The lowest BCUT2D eigenvalue weighted by Gasteiger charge is -2.09. The van der Waals surface area contributed by atoms with E-state index >= 15 is 0 Å². The molecular weight excluding hydrogens is 280 g/mol. The maximum atomic E-state index is 12.5. The van der Waals surface area contributed by atoms with Gasteiger partial charge >= 0.3 is 0 Å². The molecule has 0 aliphatic heterocycles. The zero-order valence-electron chi connectivity index (χ0n) is 12.2. The zero-order chi connectivity index (χ0) is 15.3. The van der Waals surface area contributed by atoms with E-state index in [1.807, 2.05) is 30.3 Å². The molecule has 2 N–H and O–H groups in total. The van der Waals surface area contributed by atoms with Crippen LogP contribution in [0.2, 0.25) is 0 Å². The molecular formula is C17H14N2O3. The van der Waals surface area contributed by atoms with Crippen molar-refractivity contribution in [3.05, 3.63) is 46.8 Å². The fourth-order valence-corrected chi connectivity index (χ4v) is 2.95. The van der Waals surface area contributed by atoms with Gasteiger partial charge in [-0.3, -0.25) is 4.79 Å². The van der Waals surface area contributed by atoms with E-state index in [2.05, 4.69) is 9.97 Å². The van der Waals surface area contributed by atoms with Crippen LogP contribution in [-0.2, 0) is 0 Å². The molecule has 0 saturated carbocycles. The molecule has 0 aliphatic carbocycles. The number of rotatable bonds is 2. The van der Waals surface area contributed by atoms with Crippen LogP contribution in [0.25, 0.3) is 32.7 Å². The SMILES string of the molecule is COc1cc2[nH]c(=O)c3c4ccccc4[nH]c3c2cc1OC. The summed E-state index contributed by atoms with van der Waals surface area (Å²) in [4.78, 5) is 18.7. The summed E-state index contributed by atoms with van der Waals surface area (Å²) >= 11 is 0. The normalized spacial score (nSPS) is 11.4. The van der Waals surface area contributed by atoms with E-state index in [1.54, 1.807) is 20.3 Å². The Morgan fingerprint density at radius 1 is 0.864 bits per heavy atom. The number of hydrogen-bond acceptors (Lipinski definition) is 3. The number of nitrogens with one attached hydrogen (secondary N) is 2. The summed E-state index contributed by atoms with van der Waals surface area (Å²) in [7, 11) is 3.17. The molecule has 2 aromatic heterocycles. The van der Waals surface area contributed by atoms with Gasteiger partial charge in [-0.05, 0) is 12.1 Å². The maximum absolute atomic E-state index is 12.5. The highest BCUT2D eigenvalue weighted by atomic mass is 16.5. The topological polar surface area (TPSA) is 67.1 Å². The van der Waals surface area contributed by atoms with Crippen molar-refractivity contribution in [1.82, 2.24) is 9.97 Å². The van der Waals surface area contributed by atoms with Crippen molar-refractivity contribution in [2.45, 2.75) is 0 Å². The van der Waals surface area contributed by atoms with Crippen LogP contribution in [0.15, 0.2) is 41.2 Å². The van der Waals surface area contributed by atoms with Gasteiger partial charge in [-0.25, -0.2) is 0 Å². The number of H-pyrrole nitrogens is 2. The van der Waals surface area contributed by atoms with Gasteiger partial charge in [0.15, 0.2) is 11.5 Å². The fraction of sp³-hybridized carbons (Fsp3) is 0.118. The van der Waals surface area contributed by atoms with E-state index in [0.717, 1.165) is 21.8 Å². The number of fused-ring (bicyclic) bond motifs is 5. The lowest BCUT2D eigenvalue weighted by atomic mass is 10.1. The number of aromatic amines is 2. The number of methoxy groups -OCH3 is 2. The van der Waals surface area contributed by atoms with Crippen molar-refractivity contribution in [2.75, 3.05) is 14.2 Å². The number of pyridine rings is 1. The minimum atomic E-state index is -0.118. The van der Waals surface area contributed by atoms with E-state index in [9.17, 15) is 4.79 Å². The van der Waals surface area contributed by atoms with Gasteiger partial charge < -0.3 is 19.4 Å². The van der Waals surface area contributed by atoms with E-state index in [1.165, 1.54) is 0 Å². The van der Waals surface area contributed by atoms with Gasteiger partial charge in [0, 0.05) is 22.4 Å². The average Bonchev–Trinajstić information content (AvgIpc) is 2.94. The van der Waals surface area contributed by atoms with E-state index < -0.39 is 0 Å². The Morgan fingerprint density at radius 2 is 1.59 bits per heavy atom. The molecule has 4 aromatic rings. The Balaban J connectivity index is 2.25. The van der Waals surface area contributed by atoms with Crippen molar-refractivity contribution >= 4 is 32.7 Å². The zero-order valence-corrected chi connectivity index (χ0v) is 12.2. The first-order chi connectivity index (χ1) is 10.7. The highest BCUT2D eigenvalue weighted by Crippen LogP contribution is 2.35. The van der Waals surface area contributed by atoms with Crippen LogP contribution in [0.4, 0.5) is 0 Å².